The maximum absolute atomic E-state index is 6.26. The van der Waals surface area contributed by atoms with Gasteiger partial charge in [0.05, 0.1) is 15.7 Å². The minimum Gasteiger partial charge on any atom is -0.393 e. The van der Waals surface area contributed by atoms with E-state index in [1.807, 2.05) is 18.2 Å². The second kappa shape index (κ2) is 7.25. The highest BCUT2D eigenvalue weighted by atomic mass is 35.5. The fourth-order valence-electron chi connectivity index (χ4n) is 2.80. The lowest BCUT2D eigenvalue weighted by atomic mass is 10.1. The Kier molecular flexibility index (Phi) is 5.64. The Morgan fingerprint density at radius 3 is 2.50 bits per heavy atom. The molecule has 2 N–H and O–H groups in total. The molecule has 1 aliphatic heterocycles. The van der Waals surface area contributed by atoms with E-state index >= 15 is 0 Å². The van der Waals surface area contributed by atoms with E-state index in [0.717, 1.165) is 49.7 Å². The van der Waals surface area contributed by atoms with Crippen LogP contribution in [0.3, 0.4) is 0 Å². The first-order valence-electron chi connectivity index (χ1n) is 7.13. The molecule has 3 nitrogen and oxygen atoms in total. The van der Waals surface area contributed by atoms with Gasteiger partial charge in [-0.3, -0.25) is 4.90 Å². The first-order chi connectivity index (χ1) is 9.61. The molecule has 0 aromatic heterocycles. The molecule has 1 unspecified atom stereocenters. The lowest BCUT2D eigenvalue weighted by molar-refractivity contribution is 0.184. The van der Waals surface area contributed by atoms with Crippen molar-refractivity contribution < 1.29 is 0 Å². The molecule has 0 spiro atoms. The Morgan fingerprint density at radius 1 is 1.30 bits per heavy atom. The molecule has 5 heteroatoms. The second-order valence-corrected chi connectivity index (χ2v) is 6.14. The Bertz CT molecular complexity index is 458. The third kappa shape index (κ3) is 3.84. The molecule has 0 radical (unpaired) electrons. The molecule has 0 saturated carbocycles. The van der Waals surface area contributed by atoms with E-state index in [1.165, 1.54) is 0 Å². The Morgan fingerprint density at radius 2 is 1.95 bits per heavy atom. The zero-order valence-corrected chi connectivity index (χ0v) is 13.5. The van der Waals surface area contributed by atoms with E-state index < -0.39 is 0 Å². The number of rotatable bonds is 5. The number of benzene rings is 1. The van der Waals surface area contributed by atoms with E-state index in [4.69, 9.17) is 29.6 Å². The Labute approximate surface area is 131 Å². The molecule has 1 saturated heterocycles. The van der Waals surface area contributed by atoms with Gasteiger partial charge in [0, 0.05) is 38.6 Å². The van der Waals surface area contributed by atoms with Crippen LogP contribution in [-0.4, -0.2) is 42.1 Å². The van der Waals surface area contributed by atoms with Crippen LogP contribution in [0.4, 0.5) is 5.69 Å². The minimum atomic E-state index is 0.473. The van der Waals surface area contributed by atoms with Gasteiger partial charge in [0.15, 0.2) is 0 Å². The SMILES string of the molecule is CCC(CC(N)=S)N1CCN(c2ccccc2Cl)CC1. The van der Waals surface area contributed by atoms with Gasteiger partial charge in [-0.05, 0) is 18.6 Å². The van der Waals surface area contributed by atoms with Crippen molar-refractivity contribution in [1.29, 1.82) is 0 Å². The highest BCUT2D eigenvalue weighted by Crippen LogP contribution is 2.26. The molecule has 1 fully saturated rings. The highest BCUT2D eigenvalue weighted by Gasteiger charge is 2.23. The molecule has 1 heterocycles. The third-order valence-electron chi connectivity index (χ3n) is 3.93. The lowest BCUT2D eigenvalue weighted by Crippen LogP contribution is -2.51. The van der Waals surface area contributed by atoms with E-state index in [9.17, 15) is 0 Å². The van der Waals surface area contributed by atoms with Crippen molar-refractivity contribution >= 4 is 34.5 Å². The standard InChI is InChI=1S/C15H22ClN3S/c1-2-12(11-15(17)20)18-7-9-19(10-8-18)14-6-4-3-5-13(14)16/h3-6,12H,2,7-11H2,1H3,(H2,17,20). The summed E-state index contributed by atoms with van der Waals surface area (Å²) in [7, 11) is 0. The number of nitrogens with zero attached hydrogens (tertiary/aromatic N) is 2. The molecule has 20 heavy (non-hydrogen) atoms. The van der Waals surface area contributed by atoms with E-state index in [0.29, 0.717) is 11.0 Å². The quantitative estimate of drug-likeness (QED) is 0.848. The van der Waals surface area contributed by atoms with Crippen molar-refractivity contribution in [3.63, 3.8) is 0 Å². The normalized spacial score (nSPS) is 18.0. The number of piperazine rings is 1. The fraction of sp³-hybridized carbons (Fsp3) is 0.533. The molecule has 1 atom stereocenters. The van der Waals surface area contributed by atoms with Crippen LogP contribution in [0.2, 0.25) is 5.02 Å². The monoisotopic (exact) mass is 311 g/mol. The number of nitrogens with two attached hydrogens (primary N) is 1. The lowest BCUT2D eigenvalue weighted by Gasteiger charge is -2.40. The summed E-state index contributed by atoms with van der Waals surface area (Å²) in [5.41, 5.74) is 6.83. The number of anilines is 1. The summed E-state index contributed by atoms with van der Waals surface area (Å²) in [6.45, 7) is 6.26. The zero-order chi connectivity index (χ0) is 14.5. The molecule has 0 bridgehead atoms. The maximum atomic E-state index is 6.26. The molecule has 2 rings (SSSR count). The summed E-state index contributed by atoms with van der Waals surface area (Å²) >= 11 is 11.3. The van der Waals surface area contributed by atoms with Crippen LogP contribution in [0.1, 0.15) is 19.8 Å². The number of hydrogen-bond donors (Lipinski definition) is 1. The van der Waals surface area contributed by atoms with E-state index in [1.54, 1.807) is 0 Å². The summed E-state index contributed by atoms with van der Waals surface area (Å²) in [6.07, 6.45) is 1.90. The highest BCUT2D eigenvalue weighted by molar-refractivity contribution is 7.80. The minimum absolute atomic E-state index is 0.473. The van der Waals surface area contributed by atoms with E-state index in [-0.39, 0.29) is 0 Å². The molecular weight excluding hydrogens is 290 g/mol. The smallest absolute Gasteiger partial charge is 0.0743 e. The van der Waals surface area contributed by atoms with Gasteiger partial charge in [-0.2, -0.15) is 0 Å². The van der Waals surface area contributed by atoms with Gasteiger partial charge in [-0.25, -0.2) is 0 Å². The molecule has 0 aliphatic carbocycles. The first kappa shape index (κ1) is 15.5. The summed E-state index contributed by atoms with van der Waals surface area (Å²) in [6, 6.07) is 8.52. The number of hydrogen-bond acceptors (Lipinski definition) is 3. The average molecular weight is 312 g/mol. The second-order valence-electron chi connectivity index (χ2n) is 5.21. The largest absolute Gasteiger partial charge is 0.393 e. The van der Waals surface area contributed by atoms with E-state index in [2.05, 4.69) is 22.8 Å². The average Bonchev–Trinajstić information content (AvgIpc) is 2.45. The van der Waals surface area contributed by atoms with Crippen molar-refractivity contribution in [3.05, 3.63) is 29.3 Å². The predicted molar refractivity (Wildman–Crippen MR) is 90.7 cm³/mol. The Hall–Kier alpha value is -0.840. The first-order valence-corrected chi connectivity index (χ1v) is 7.92. The third-order valence-corrected chi connectivity index (χ3v) is 4.42. The van der Waals surface area contributed by atoms with Crippen LogP contribution in [0.25, 0.3) is 0 Å². The van der Waals surface area contributed by atoms with Crippen LogP contribution >= 0.6 is 23.8 Å². The van der Waals surface area contributed by atoms with Crippen LogP contribution in [0.15, 0.2) is 24.3 Å². The summed E-state index contributed by atoms with van der Waals surface area (Å²) in [5.74, 6) is 0. The fourth-order valence-corrected chi connectivity index (χ4v) is 3.25. The molecule has 1 aromatic carbocycles. The van der Waals surface area contributed by atoms with Crippen molar-refractivity contribution in [2.45, 2.75) is 25.8 Å². The van der Waals surface area contributed by atoms with Crippen molar-refractivity contribution in [1.82, 2.24) is 4.90 Å². The van der Waals surface area contributed by atoms with Crippen LogP contribution in [0.5, 0.6) is 0 Å². The topological polar surface area (TPSA) is 32.5 Å². The van der Waals surface area contributed by atoms with Crippen molar-refractivity contribution in [3.8, 4) is 0 Å². The van der Waals surface area contributed by atoms with Gasteiger partial charge in [0.25, 0.3) is 0 Å². The Balaban J connectivity index is 1.95. The predicted octanol–water partition coefficient (Wildman–Crippen LogP) is 2.92. The summed E-state index contributed by atoms with van der Waals surface area (Å²) < 4.78 is 0. The number of thiocarbonyl (C=S) groups is 1. The molecular formula is C15H22ClN3S. The number of para-hydroxylation sites is 1. The van der Waals surface area contributed by atoms with Gasteiger partial charge in [0.2, 0.25) is 0 Å². The van der Waals surface area contributed by atoms with Gasteiger partial charge in [-0.1, -0.05) is 42.9 Å². The molecule has 0 amide bonds. The van der Waals surface area contributed by atoms with Crippen molar-refractivity contribution in [2.24, 2.45) is 5.73 Å². The molecule has 1 aliphatic rings. The van der Waals surface area contributed by atoms with Gasteiger partial charge < -0.3 is 10.6 Å². The van der Waals surface area contributed by atoms with Crippen LogP contribution in [0, 0.1) is 0 Å². The van der Waals surface area contributed by atoms with Crippen LogP contribution in [-0.2, 0) is 0 Å². The summed E-state index contributed by atoms with van der Waals surface area (Å²) in [4.78, 5) is 5.46. The van der Waals surface area contributed by atoms with Crippen LogP contribution < -0.4 is 10.6 Å². The molecule has 1 aromatic rings. The maximum Gasteiger partial charge on any atom is 0.0743 e. The van der Waals surface area contributed by atoms with Gasteiger partial charge >= 0.3 is 0 Å². The zero-order valence-electron chi connectivity index (χ0n) is 11.9. The van der Waals surface area contributed by atoms with Gasteiger partial charge in [0.1, 0.15) is 0 Å². The molecule has 110 valence electrons. The van der Waals surface area contributed by atoms with Crippen molar-refractivity contribution in [2.75, 3.05) is 31.1 Å². The number of halogens is 1. The van der Waals surface area contributed by atoms with Gasteiger partial charge in [-0.15, -0.1) is 0 Å². The summed E-state index contributed by atoms with van der Waals surface area (Å²) in [5, 5.41) is 0.830.